The Morgan fingerprint density at radius 1 is 0.793 bits per heavy atom. The zero-order valence-electron chi connectivity index (χ0n) is 19.0. The maximum absolute atomic E-state index is 4.57. The quantitative estimate of drug-likeness (QED) is 0.227. The molecule has 29 heavy (non-hydrogen) atoms. The van der Waals surface area contributed by atoms with Crippen molar-refractivity contribution < 1.29 is 0 Å². The summed E-state index contributed by atoms with van der Waals surface area (Å²) in [7, 11) is 2.59. The molecule has 160 valence electrons. The lowest BCUT2D eigenvalue weighted by Crippen LogP contribution is -2.38. The standard InChI is InChI=1S/C25H44B2N2/c1-3-5-21-28-25(4-2)20-22-29(26-23-16-12-8-6-9-13-17-23)27-24-18-14-10-7-11-15-19-24/h3-5,21,23-24,26-27H,1-2,6-20,22H2/b21-5-,28-25+. The van der Waals surface area contributed by atoms with Gasteiger partial charge in [-0.15, -0.1) is 0 Å². The summed E-state index contributed by atoms with van der Waals surface area (Å²) in [5, 5.41) is 0. The number of hydrogen-bond acceptors (Lipinski definition) is 2. The Morgan fingerprint density at radius 2 is 1.28 bits per heavy atom. The second kappa shape index (κ2) is 15.8. The lowest BCUT2D eigenvalue weighted by molar-refractivity contribution is 0.479. The molecule has 4 heteroatoms. The molecule has 2 rings (SSSR count). The molecule has 0 aromatic heterocycles. The van der Waals surface area contributed by atoms with Gasteiger partial charge in [-0.05, 0) is 18.7 Å². The minimum atomic E-state index is 0.897. The summed E-state index contributed by atoms with van der Waals surface area (Å²) in [6, 6.07) is 0. The average Bonchev–Trinajstić information content (AvgIpc) is 2.68. The van der Waals surface area contributed by atoms with E-state index in [4.69, 9.17) is 0 Å². The minimum absolute atomic E-state index is 0.897. The normalized spacial score (nSPS) is 21.2. The van der Waals surface area contributed by atoms with E-state index in [1.807, 2.05) is 18.4 Å². The van der Waals surface area contributed by atoms with E-state index < -0.39 is 0 Å². The first-order chi connectivity index (χ1) is 14.3. The molecule has 2 saturated carbocycles. The molecule has 0 amide bonds. The highest BCUT2D eigenvalue weighted by Gasteiger charge is 2.22. The van der Waals surface area contributed by atoms with Gasteiger partial charge in [0.15, 0.2) is 14.8 Å². The van der Waals surface area contributed by atoms with Gasteiger partial charge in [0.05, 0.1) is 0 Å². The van der Waals surface area contributed by atoms with Gasteiger partial charge in [-0.25, -0.2) is 0 Å². The van der Waals surface area contributed by atoms with Crippen molar-refractivity contribution in [1.29, 1.82) is 0 Å². The van der Waals surface area contributed by atoms with E-state index in [2.05, 4.69) is 22.9 Å². The Kier molecular flexibility index (Phi) is 13.2. The molecule has 0 aromatic carbocycles. The Balaban J connectivity index is 1.95. The van der Waals surface area contributed by atoms with E-state index in [0.29, 0.717) is 0 Å². The van der Waals surface area contributed by atoms with Gasteiger partial charge in [0.1, 0.15) is 0 Å². The molecule has 2 fully saturated rings. The highest BCUT2D eigenvalue weighted by Crippen LogP contribution is 2.29. The fraction of sp³-hybridized carbons (Fsp3) is 0.720. The second-order valence-electron chi connectivity index (χ2n) is 9.33. The van der Waals surface area contributed by atoms with E-state index in [1.165, 1.54) is 105 Å². The third-order valence-electron chi connectivity index (χ3n) is 6.86. The zero-order valence-corrected chi connectivity index (χ0v) is 19.0. The maximum Gasteiger partial charge on any atom is 0.195 e. The van der Waals surface area contributed by atoms with Crippen molar-refractivity contribution in [3.63, 3.8) is 0 Å². The second-order valence-corrected chi connectivity index (χ2v) is 9.33. The number of nitrogens with zero attached hydrogens (tertiary/aromatic N) is 2. The Labute approximate surface area is 182 Å². The predicted molar refractivity (Wildman–Crippen MR) is 135 cm³/mol. The van der Waals surface area contributed by atoms with Crippen LogP contribution in [-0.4, -0.2) is 31.8 Å². The molecule has 0 heterocycles. The van der Waals surface area contributed by atoms with Crippen LogP contribution < -0.4 is 0 Å². The molecule has 2 aliphatic carbocycles. The molecule has 0 atom stereocenters. The highest BCUT2D eigenvalue weighted by atomic mass is 15.0. The van der Waals surface area contributed by atoms with Crippen molar-refractivity contribution in [2.24, 2.45) is 4.99 Å². The minimum Gasteiger partial charge on any atom is -0.389 e. The molecule has 0 unspecified atom stereocenters. The monoisotopic (exact) mass is 394 g/mol. The number of rotatable bonds is 10. The summed E-state index contributed by atoms with van der Waals surface area (Å²) in [6.45, 7) is 8.84. The van der Waals surface area contributed by atoms with E-state index >= 15 is 0 Å². The first-order valence-electron chi connectivity index (χ1n) is 12.5. The molecule has 2 nitrogen and oxygen atoms in total. The van der Waals surface area contributed by atoms with Crippen LogP contribution in [0.5, 0.6) is 0 Å². The van der Waals surface area contributed by atoms with Crippen molar-refractivity contribution in [3.8, 4) is 0 Å². The summed E-state index contributed by atoms with van der Waals surface area (Å²) in [5.74, 6) is 1.79. The smallest absolute Gasteiger partial charge is 0.195 e. The molecule has 2 aliphatic rings. The van der Waals surface area contributed by atoms with Crippen LogP contribution in [0.4, 0.5) is 0 Å². The lowest BCUT2D eigenvalue weighted by atomic mass is 9.58. The van der Waals surface area contributed by atoms with Crippen molar-refractivity contribution in [3.05, 3.63) is 37.6 Å². The van der Waals surface area contributed by atoms with Gasteiger partial charge in [0.2, 0.25) is 0 Å². The van der Waals surface area contributed by atoms with Gasteiger partial charge in [-0.1, -0.05) is 121 Å². The van der Waals surface area contributed by atoms with Gasteiger partial charge < -0.3 is 4.72 Å². The number of allylic oxidation sites excluding steroid dienone is 3. The van der Waals surface area contributed by atoms with Crippen LogP contribution in [0.3, 0.4) is 0 Å². The van der Waals surface area contributed by atoms with Crippen molar-refractivity contribution in [2.45, 2.75) is 108 Å². The summed E-state index contributed by atoms with van der Waals surface area (Å²) < 4.78 is 2.80. The summed E-state index contributed by atoms with van der Waals surface area (Å²) >= 11 is 0. The number of hydrogen-bond donors (Lipinski definition) is 0. The summed E-state index contributed by atoms with van der Waals surface area (Å²) in [5.41, 5.74) is 1.10. The fourth-order valence-electron chi connectivity index (χ4n) is 5.13. The Bertz CT molecular complexity index is 475. The SMILES string of the molecule is C=C/C=C\N=C(/C=C)CCN(BC1CCCCCCC1)BC1CCCCCCC1. The van der Waals surface area contributed by atoms with Crippen LogP contribution in [0.1, 0.15) is 96.3 Å². The summed E-state index contributed by atoms with van der Waals surface area (Å²) in [4.78, 5) is 4.57. The third kappa shape index (κ3) is 11.1. The van der Waals surface area contributed by atoms with E-state index in [-0.39, 0.29) is 0 Å². The van der Waals surface area contributed by atoms with Crippen molar-refractivity contribution in [2.75, 3.05) is 6.54 Å². The van der Waals surface area contributed by atoms with Gasteiger partial charge in [-0.2, -0.15) is 0 Å². The average molecular weight is 394 g/mol. The van der Waals surface area contributed by atoms with Crippen LogP contribution in [0.2, 0.25) is 11.6 Å². The van der Waals surface area contributed by atoms with Crippen LogP contribution in [0.25, 0.3) is 0 Å². The van der Waals surface area contributed by atoms with Gasteiger partial charge in [0, 0.05) is 18.3 Å². The van der Waals surface area contributed by atoms with Crippen LogP contribution in [0.15, 0.2) is 42.6 Å². The molecule has 0 saturated heterocycles. The molecule has 0 spiro atoms. The van der Waals surface area contributed by atoms with Crippen LogP contribution >= 0.6 is 0 Å². The maximum atomic E-state index is 4.57. The molecular weight excluding hydrogens is 350 g/mol. The first-order valence-corrected chi connectivity index (χ1v) is 12.5. The topological polar surface area (TPSA) is 15.6 Å². The highest BCUT2D eigenvalue weighted by molar-refractivity contribution is 6.52. The lowest BCUT2D eigenvalue weighted by Gasteiger charge is -2.31. The third-order valence-corrected chi connectivity index (χ3v) is 6.86. The first kappa shape index (κ1) is 24.3. The zero-order chi connectivity index (χ0) is 20.6. The van der Waals surface area contributed by atoms with Crippen LogP contribution in [-0.2, 0) is 0 Å². The Hall–Kier alpha value is -1.02. The van der Waals surface area contributed by atoms with E-state index in [9.17, 15) is 0 Å². The van der Waals surface area contributed by atoms with Gasteiger partial charge in [-0.3, -0.25) is 4.99 Å². The fourth-order valence-corrected chi connectivity index (χ4v) is 5.13. The Morgan fingerprint density at radius 3 is 1.72 bits per heavy atom. The summed E-state index contributed by atoms with van der Waals surface area (Å²) in [6.07, 6.45) is 28.6. The molecule has 0 radical (unpaired) electrons. The molecular formula is C25H44B2N2. The van der Waals surface area contributed by atoms with Gasteiger partial charge in [0.25, 0.3) is 0 Å². The van der Waals surface area contributed by atoms with Crippen LogP contribution in [0, 0.1) is 0 Å². The number of aliphatic imine (C=N–C) groups is 1. The van der Waals surface area contributed by atoms with Crippen molar-refractivity contribution in [1.82, 2.24) is 4.72 Å². The molecule has 0 bridgehead atoms. The van der Waals surface area contributed by atoms with E-state index in [1.54, 1.807) is 6.08 Å². The molecule has 0 aromatic rings. The molecule has 0 aliphatic heterocycles. The predicted octanol–water partition coefficient (Wildman–Crippen LogP) is 6.77. The van der Waals surface area contributed by atoms with Crippen molar-refractivity contribution >= 4 is 20.5 Å². The van der Waals surface area contributed by atoms with E-state index in [0.717, 1.165) is 30.3 Å². The molecule has 0 N–H and O–H groups in total. The van der Waals surface area contributed by atoms with Gasteiger partial charge >= 0.3 is 0 Å². The largest absolute Gasteiger partial charge is 0.389 e.